The van der Waals surface area contributed by atoms with Crippen molar-refractivity contribution in [2.45, 2.75) is 25.0 Å². The summed E-state index contributed by atoms with van der Waals surface area (Å²) in [6.45, 7) is 5.94. The van der Waals surface area contributed by atoms with Gasteiger partial charge in [0.25, 0.3) is 0 Å². The topological polar surface area (TPSA) is 78.6 Å². The van der Waals surface area contributed by atoms with Crippen LogP contribution in [0.2, 0.25) is 0 Å². The molecule has 0 bridgehead atoms. The van der Waals surface area contributed by atoms with Gasteiger partial charge in [0.2, 0.25) is 11.7 Å². The highest BCUT2D eigenvalue weighted by molar-refractivity contribution is 5.04. The third kappa shape index (κ3) is 2.79. The molecule has 1 N–H and O–H groups in total. The number of nitrogens with zero attached hydrogens (tertiary/aromatic N) is 2. The minimum Gasteiger partial charge on any atom is -0.379 e. The lowest BCUT2D eigenvalue weighted by atomic mass is 10.0. The van der Waals surface area contributed by atoms with E-state index in [0.717, 1.165) is 6.54 Å². The molecule has 7 heteroatoms. The molecule has 2 aliphatic heterocycles. The Kier molecular flexibility index (Phi) is 4.07. The number of ether oxygens (including phenoxy) is 3. The van der Waals surface area contributed by atoms with E-state index in [4.69, 9.17) is 18.7 Å². The summed E-state index contributed by atoms with van der Waals surface area (Å²) in [5, 5.41) is 7.38. The van der Waals surface area contributed by atoms with Crippen LogP contribution in [0.15, 0.2) is 4.52 Å². The molecule has 3 unspecified atom stereocenters. The first-order valence-corrected chi connectivity index (χ1v) is 6.72. The van der Waals surface area contributed by atoms with Crippen molar-refractivity contribution in [1.82, 2.24) is 15.5 Å². The molecule has 1 aromatic rings. The molecule has 0 aromatic carbocycles. The Morgan fingerprint density at radius 1 is 1.21 bits per heavy atom. The zero-order chi connectivity index (χ0) is 13.1. The maximum atomic E-state index is 5.56. The van der Waals surface area contributed by atoms with Crippen LogP contribution in [0.5, 0.6) is 0 Å². The van der Waals surface area contributed by atoms with Crippen LogP contribution in [-0.2, 0) is 14.2 Å². The number of nitrogens with one attached hydrogen (secondary N) is 1. The van der Waals surface area contributed by atoms with Crippen LogP contribution < -0.4 is 5.32 Å². The van der Waals surface area contributed by atoms with Crippen LogP contribution in [-0.4, -0.2) is 55.8 Å². The van der Waals surface area contributed by atoms with E-state index in [1.165, 1.54) is 0 Å². The van der Waals surface area contributed by atoms with Gasteiger partial charge in [0.05, 0.1) is 39.0 Å². The fourth-order valence-corrected chi connectivity index (χ4v) is 2.43. The van der Waals surface area contributed by atoms with Crippen LogP contribution in [0.25, 0.3) is 0 Å². The third-order valence-electron chi connectivity index (χ3n) is 3.43. The Labute approximate surface area is 111 Å². The van der Waals surface area contributed by atoms with Gasteiger partial charge in [-0.2, -0.15) is 4.98 Å². The Morgan fingerprint density at radius 3 is 2.95 bits per heavy atom. The molecule has 1 aromatic heterocycles. The monoisotopic (exact) mass is 269 g/mol. The molecule has 3 atom stereocenters. The summed E-state index contributed by atoms with van der Waals surface area (Å²) in [5.74, 6) is 1.30. The number of aromatic nitrogens is 2. The van der Waals surface area contributed by atoms with Gasteiger partial charge in [0.15, 0.2) is 0 Å². The van der Waals surface area contributed by atoms with E-state index in [1.807, 2.05) is 0 Å². The standard InChI is InChI=1S/C12H19N3O4/c1-2-13-9-6-17-5-8(9)12-14-11(15-19-12)10-7-16-3-4-18-10/h8-10,13H,2-7H2,1H3. The van der Waals surface area contributed by atoms with Gasteiger partial charge < -0.3 is 24.1 Å². The molecular formula is C12H19N3O4. The molecule has 19 heavy (non-hydrogen) atoms. The fraction of sp³-hybridized carbons (Fsp3) is 0.833. The van der Waals surface area contributed by atoms with Crippen LogP contribution >= 0.6 is 0 Å². The molecule has 0 amide bonds. The van der Waals surface area contributed by atoms with E-state index >= 15 is 0 Å². The van der Waals surface area contributed by atoms with Crippen molar-refractivity contribution in [3.05, 3.63) is 11.7 Å². The molecule has 2 saturated heterocycles. The van der Waals surface area contributed by atoms with E-state index in [0.29, 0.717) is 44.7 Å². The molecule has 0 spiro atoms. The Bertz CT molecular complexity index is 405. The lowest BCUT2D eigenvalue weighted by Gasteiger charge is -2.19. The average Bonchev–Trinajstić information content (AvgIpc) is 3.08. The van der Waals surface area contributed by atoms with Crippen molar-refractivity contribution < 1.29 is 18.7 Å². The number of hydrogen-bond donors (Lipinski definition) is 1. The fourth-order valence-electron chi connectivity index (χ4n) is 2.43. The SMILES string of the molecule is CCNC1COCC1c1nc(C2COCCO2)no1. The average molecular weight is 269 g/mol. The largest absolute Gasteiger partial charge is 0.379 e. The Hall–Kier alpha value is -1.02. The van der Waals surface area contributed by atoms with Crippen molar-refractivity contribution in [1.29, 1.82) is 0 Å². The van der Waals surface area contributed by atoms with Crippen LogP contribution in [0.1, 0.15) is 30.7 Å². The van der Waals surface area contributed by atoms with E-state index in [2.05, 4.69) is 22.4 Å². The van der Waals surface area contributed by atoms with Crippen molar-refractivity contribution in [2.24, 2.45) is 0 Å². The highest BCUT2D eigenvalue weighted by atomic mass is 16.6. The highest BCUT2D eigenvalue weighted by Crippen LogP contribution is 2.26. The molecule has 2 fully saturated rings. The number of rotatable bonds is 4. The summed E-state index contributed by atoms with van der Waals surface area (Å²) in [4.78, 5) is 4.45. The van der Waals surface area contributed by atoms with Gasteiger partial charge in [-0.15, -0.1) is 0 Å². The third-order valence-corrected chi connectivity index (χ3v) is 3.43. The van der Waals surface area contributed by atoms with Gasteiger partial charge in [0.1, 0.15) is 6.10 Å². The highest BCUT2D eigenvalue weighted by Gasteiger charge is 2.34. The van der Waals surface area contributed by atoms with Gasteiger partial charge in [-0.05, 0) is 6.54 Å². The molecule has 3 rings (SSSR count). The maximum Gasteiger partial charge on any atom is 0.233 e. The second-order valence-corrected chi connectivity index (χ2v) is 4.73. The van der Waals surface area contributed by atoms with Crippen LogP contribution in [0.4, 0.5) is 0 Å². The van der Waals surface area contributed by atoms with Gasteiger partial charge in [-0.1, -0.05) is 12.1 Å². The summed E-state index contributed by atoms with van der Waals surface area (Å²) in [6, 6.07) is 0.238. The predicted octanol–water partition coefficient (Wildman–Crippen LogP) is 0.249. The second kappa shape index (κ2) is 5.96. The zero-order valence-electron chi connectivity index (χ0n) is 11.0. The molecule has 106 valence electrons. The first-order valence-electron chi connectivity index (χ1n) is 6.72. The van der Waals surface area contributed by atoms with Crippen molar-refractivity contribution in [3.8, 4) is 0 Å². The molecule has 2 aliphatic rings. The first-order chi connectivity index (χ1) is 9.38. The van der Waals surface area contributed by atoms with Crippen LogP contribution in [0.3, 0.4) is 0 Å². The molecule has 0 radical (unpaired) electrons. The number of hydrogen-bond acceptors (Lipinski definition) is 7. The summed E-state index contributed by atoms with van der Waals surface area (Å²) in [7, 11) is 0. The molecule has 3 heterocycles. The first kappa shape index (κ1) is 13.0. The maximum absolute atomic E-state index is 5.56. The zero-order valence-corrected chi connectivity index (χ0v) is 11.0. The Morgan fingerprint density at radius 2 is 2.16 bits per heavy atom. The van der Waals surface area contributed by atoms with Gasteiger partial charge >= 0.3 is 0 Å². The molecular weight excluding hydrogens is 250 g/mol. The van der Waals surface area contributed by atoms with E-state index < -0.39 is 0 Å². The summed E-state index contributed by atoms with van der Waals surface area (Å²) < 4.78 is 21.8. The van der Waals surface area contributed by atoms with Gasteiger partial charge in [-0.3, -0.25) is 0 Å². The smallest absolute Gasteiger partial charge is 0.233 e. The normalized spacial score (nSPS) is 31.7. The second-order valence-electron chi connectivity index (χ2n) is 4.73. The lowest BCUT2D eigenvalue weighted by molar-refractivity contribution is -0.0941. The minimum atomic E-state index is -0.217. The molecule has 7 nitrogen and oxygen atoms in total. The van der Waals surface area contributed by atoms with Crippen molar-refractivity contribution in [2.75, 3.05) is 39.6 Å². The van der Waals surface area contributed by atoms with Crippen molar-refractivity contribution in [3.63, 3.8) is 0 Å². The summed E-state index contributed by atoms with van der Waals surface area (Å²) >= 11 is 0. The minimum absolute atomic E-state index is 0.116. The number of likely N-dealkylation sites (N-methyl/N-ethyl adjacent to an activating group) is 1. The molecule has 0 saturated carbocycles. The van der Waals surface area contributed by atoms with Gasteiger partial charge in [0, 0.05) is 6.04 Å². The van der Waals surface area contributed by atoms with E-state index in [1.54, 1.807) is 0 Å². The van der Waals surface area contributed by atoms with E-state index in [9.17, 15) is 0 Å². The van der Waals surface area contributed by atoms with Crippen LogP contribution in [0, 0.1) is 0 Å². The quantitative estimate of drug-likeness (QED) is 0.839. The van der Waals surface area contributed by atoms with E-state index in [-0.39, 0.29) is 18.1 Å². The summed E-state index contributed by atoms with van der Waals surface area (Å²) in [6.07, 6.45) is -0.217. The Balaban J connectivity index is 1.69. The lowest BCUT2D eigenvalue weighted by Crippen LogP contribution is -2.34. The summed E-state index contributed by atoms with van der Waals surface area (Å²) in [5.41, 5.74) is 0. The molecule has 0 aliphatic carbocycles. The van der Waals surface area contributed by atoms with Gasteiger partial charge in [-0.25, -0.2) is 0 Å². The van der Waals surface area contributed by atoms with Crippen molar-refractivity contribution >= 4 is 0 Å². The predicted molar refractivity (Wildman–Crippen MR) is 64.8 cm³/mol.